The third-order valence-electron chi connectivity index (χ3n) is 3.28. The summed E-state index contributed by atoms with van der Waals surface area (Å²) < 4.78 is 18.0. The Morgan fingerprint density at radius 3 is 2.65 bits per heavy atom. The van der Waals surface area contributed by atoms with Crippen molar-refractivity contribution in [3.63, 3.8) is 0 Å². The average molecular weight is 281 g/mol. The molecule has 108 valence electrons. The van der Waals surface area contributed by atoms with Gasteiger partial charge in [0.2, 0.25) is 0 Å². The number of aliphatic carboxylic acids is 1. The van der Waals surface area contributed by atoms with E-state index >= 15 is 0 Å². The third-order valence-corrected chi connectivity index (χ3v) is 3.28. The Morgan fingerprint density at radius 2 is 2.00 bits per heavy atom. The number of rotatable bonds is 4. The zero-order valence-electron chi connectivity index (χ0n) is 10.9. The molecule has 1 unspecified atom stereocenters. The van der Waals surface area contributed by atoms with Crippen LogP contribution in [0.2, 0.25) is 0 Å². The number of piperidine rings is 1. The van der Waals surface area contributed by atoms with Crippen LogP contribution in [-0.2, 0) is 9.59 Å². The van der Waals surface area contributed by atoms with E-state index in [1.165, 1.54) is 29.2 Å². The van der Waals surface area contributed by atoms with E-state index in [0.717, 1.165) is 12.8 Å². The molecule has 1 aliphatic heterocycles. The summed E-state index contributed by atoms with van der Waals surface area (Å²) in [5, 5.41) is 9.10. The van der Waals surface area contributed by atoms with Crippen LogP contribution in [0, 0.1) is 5.82 Å². The second-order valence-electron chi connectivity index (χ2n) is 4.68. The molecule has 0 aromatic heterocycles. The Hall–Kier alpha value is -2.11. The Kier molecular flexibility index (Phi) is 4.55. The van der Waals surface area contributed by atoms with Gasteiger partial charge in [-0.2, -0.15) is 0 Å². The number of likely N-dealkylation sites (tertiary alicyclic amines) is 1. The second kappa shape index (κ2) is 6.36. The minimum Gasteiger partial charge on any atom is -0.484 e. The number of carboxylic acids is 1. The molecule has 1 heterocycles. The van der Waals surface area contributed by atoms with Crippen LogP contribution < -0.4 is 4.74 Å². The van der Waals surface area contributed by atoms with Gasteiger partial charge in [-0.3, -0.25) is 4.79 Å². The molecule has 5 nitrogen and oxygen atoms in total. The number of hydrogen-bond acceptors (Lipinski definition) is 3. The van der Waals surface area contributed by atoms with Gasteiger partial charge in [-0.25, -0.2) is 9.18 Å². The number of hydrogen-bond donors (Lipinski definition) is 1. The minimum absolute atomic E-state index is 0.241. The van der Waals surface area contributed by atoms with Crippen molar-refractivity contribution in [1.29, 1.82) is 0 Å². The molecule has 1 aromatic carbocycles. The molecule has 20 heavy (non-hydrogen) atoms. The van der Waals surface area contributed by atoms with Gasteiger partial charge in [0.05, 0.1) is 0 Å². The van der Waals surface area contributed by atoms with Crippen LogP contribution in [0.3, 0.4) is 0 Å². The predicted octanol–water partition coefficient (Wildman–Crippen LogP) is 1.67. The first-order valence-electron chi connectivity index (χ1n) is 6.48. The van der Waals surface area contributed by atoms with Gasteiger partial charge in [0.25, 0.3) is 5.91 Å². The highest BCUT2D eigenvalue weighted by Crippen LogP contribution is 2.18. The average Bonchev–Trinajstić information content (AvgIpc) is 2.46. The first-order valence-corrected chi connectivity index (χ1v) is 6.48. The Balaban J connectivity index is 1.93. The molecule has 1 aliphatic rings. The minimum atomic E-state index is -0.986. The quantitative estimate of drug-likeness (QED) is 0.911. The number of ether oxygens (including phenoxy) is 1. The van der Waals surface area contributed by atoms with E-state index in [1.807, 2.05) is 0 Å². The highest BCUT2D eigenvalue weighted by Gasteiger charge is 2.31. The summed E-state index contributed by atoms with van der Waals surface area (Å²) in [4.78, 5) is 24.5. The summed E-state index contributed by atoms with van der Waals surface area (Å²) >= 11 is 0. The summed E-state index contributed by atoms with van der Waals surface area (Å²) in [6, 6.07) is 4.55. The molecule has 1 N–H and O–H groups in total. The molecule has 1 fully saturated rings. The molecule has 0 radical (unpaired) electrons. The monoisotopic (exact) mass is 281 g/mol. The lowest BCUT2D eigenvalue weighted by atomic mass is 10.0. The Labute approximate surface area is 116 Å². The third kappa shape index (κ3) is 3.46. The van der Waals surface area contributed by atoms with E-state index in [1.54, 1.807) is 0 Å². The fraction of sp³-hybridized carbons (Fsp3) is 0.429. The molecular formula is C14H16FNO4. The number of benzene rings is 1. The zero-order chi connectivity index (χ0) is 14.5. The van der Waals surface area contributed by atoms with Crippen molar-refractivity contribution in [2.45, 2.75) is 25.3 Å². The molecule has 1 atom stereocenters. The first kappa shape index (κ1) is 14.3. The van der Waals surface area contributed by atoms with Gasteiger partial charge in [-0.1, -0.05) is 0 Å². The van der Waals surface area contributed by atoms with Gasteiger partial charge in [0.15, 0.2) is 6.61 Å². The molecule has 2 rings (SSSR count). The van der Waals surface area contributed by atoms with Crippen LogP contribution >= 0.6 is 0 Å². The molecule has 6 heteroatoms. The largest absolute Gasteiger partial charge is 0.484 e. The number of nitrogens with zero attached hydrogens (tertiary/aromatic N) is 1. The smallest absolute Gasteiger partial charge is 0.326 e. The van der Waals surface area contributed by atoms with Gasteiger partial charge in [-0.05, 0) is 43.5 Å². The van der Waals surface area contributed by atoms with Crippen LogP contribution in [0.15, 0.2) is 24.3 Å². The molecule has 1 amide bonds. The van der Waals surface area contributed by atoms with E-state index in [4.69, 9.17) is 9.84 Å². The normalized spacial score (nSPS) is 18.6. The summed E-state index contributed by atoms with van der Waals surface area (Å²) in [5.74, 6) is -1.35. The molecule has 1 aromatic rings. The van der Waals surface area contributed by atoms with E-state index in [9.17, 15) is 14.0 Å². The summed E-state index contributed by atoms with van der Waals surface area (Å²) in [5.41, 5.74) is 0. The lowest BCUT2D eigenvalue weighted by Crippen LogP contribution is -2.49. The lowest BCUT2D eigenvalue weighted by Gasteiger charge is -2.32. The first-order chi connectivity index (χ1) is 9.58. The number of amides is 1. The Bertz CT molecular complexity index is 488. The summed E-state index contributed by atoms with van der Waals surface area (Å²) in [7, 11) is 0. The molecule has 0 aliphatic carbocycles. The SMILES string of the molecule is O=C(O)C1CCCCN1C(=O)COc1ccc(F)cc1. The van der Waals surface area contributed by atoms with E-state index in [-0.39, 0.29) is 18.3 Å². The van der Waals surface area contributed by atoms with Gasteiger partial charge in [0, 0.05) is 6.54 Å². The van der Waals surface area contributed by atoms with Crippen molar-refractivity contribution in [3.8, 4) is 5.75 Å². The lowest BCUT2D eigenvalue weighted by molar-refractivity contribution is -0.152. The molecular weight excluding hydrogens is 265 g/mol. The van der Waals surface area contributed by atoms with Gasteiger partial charge < -0.3 is 14.7 Å². The van der Waals surface area contributed by atoms with Crippen LogP contribution in [0.25, 0.3) is 0 Å². The molecule has 0 spiro atoms. The molecule has 0 saturated carbocycles. The fourth-order valence-electron chi connectivity index (χ4n) is 2.25. The highest BCUT2D eigenvalue weighted by molar-refractivity contribution is 5.84. The number of carboxylic acid groups (broad SMARTS) is 1. The van der Waals surface area contributed by atoms with Crippen LogP contribution in [-0.4, -0.2) is 41.1 Å². The topological polar surface area (TPSA) is 66.8 Å². The van der Waals surface area contributed by atoms with E-state index in [2.05, 4.69) is 0 Å². The van der Waals surface area contributed by atoms with Gasteiger partial charge in [-0.15, -0.1) is 0 Å². The maximum atomic E-state index is 12.7. The van der Waals surface area contributed by atoms with Crippen LogP contribution in [0.4, 0.5) is 4.39 Å². The fourth-order valence-corrected chi connectivity index (χ4v) is 2.25. The van der Waals surface area contributed by atoms with Crippen molar-refractivity contribution < 1.29 is 23.8 Å². The van der Waals surface area contributed by atoms with Crippen LogP contribution in [0.5, 0.6) is 5.75 Å². The van der Waals surface area contributed by atoms with Crippen molar-refractivity contribution in [2.75, 3.05) is 13.2 Å². The van der Waals surface area contributed by atoms with Gasteiger partial charge in [0.1, 0.15) is 17.6 Å². The van der Waals surface area contributed by atoms with Crippen LogP contribution in [0.1, 0.15) is 19.3 Å². The van der Waals surface area contributed by atoms with Crippen molar-refractivity contribution in [1.82, 2.24) is 4.90 Å². The highest BCUT2D eigenvalue weighted by atomic mass is 19.1. The summed E-state index contributed by atoms with van der Waals surface area (Å²) in [6.07, 6.45) is 2.07. The molecule has 0 bridgehead atoms. The zero-order valence-corrected chi connectivity index (χ0v) is 10.9. The van der Waals surface area contributed by atoms with E-state index < -0.39 is 12.0 Å². The molecule has 1 saturated heterocycles. The maximum Gasteiger partial charge on any atom is 0.326 e. The van der Waals surface area contributed by atoms with Gasteiger partial charge >= 0.3 is 5.97 Å². The van der Waals surface area contributed by atoms with Crippen molar-refractivity contribution >= 4 is 11.9 Å². The maximum absolute atomic E-state index is 12.7. The second-order valence-corrected chi connectivity index (χ2v) is 4.68. The predicted molar refractivity (Wildman–Crippen MR) is 68.9 cm³/mol. The van der Waals surface area contributed by atoms with Crippen molar-refractivity contribution in [2.24, 2.45) is 0 Å². The standard InChI is InChI=1S/C14H16FNO4/c15-10-4-6-11(7-5-10)20-9-13(17)16-8-2-1-3-12(16)14(18)19/h4-7,12H,1-3,8-9H2,(H,18,19). The van der Waals surface area contributed by atoms with Crippen molar-refractivity contribution in [3.05, 3.63) is 30.1 Å². The summed E-state index contributed by atoms with van der Waals surface area (Å²) in [6.45, 7) is 0.192. The number of carbonyl (C=O) groups excluding carboxylic acids is 1. The Morgan fingerprint density at radius 1 is 1.30 bits per heavy atom. The number of carbonyl (C=O) groups is 2. The number of halogens is 1. The van der Waals surface area contributed by atoms with E-state index in [0.29, 0.717) is 18.7 Å².